The van der Waals surface area contributed by atoms with Crippen LogP contribution in [0.25, 0.3) is 11.3 Å². The Kier molecular flexibility index (Phi) is 5.81. The molecule has 27 heavy (non-hydrogen) atoms. The highest BCUT2D eigenvalue weighted by atomic mass is 79.9. The number of hydrogen-bond donors (Lipinski definition) is 2. The first-order chi connectivity index (χ1) is 13.0. The van der Waals surface area contributed by atoms with E-state index in [1.807, 2.05) is 68.7 Å². The molecule has 3 aromatic rings. The molecule has 2 aromatic carbocycles. The van der Waals surface area contributed by atoms with Gasteiger partial charge in [-0.2, -0.15) is 5.10 Å². The fourth-order valence-electron chi connectivity index (χ4n) is 2.87. The van der Waals surface area contributed by atoms with E-state index in [-0.39, 0.29) is 12.1 Å². The number of hydrogen-bond acceptors (Lipinski definition) is 3. The maximum Gasteiger partial charge on any atom is 0.319 e. The summed E-state index contributed by atoms with van der Waals surface area (Å²) in [5.41, 5.74) is 3.35. The second kappa shape index (κ2) is 8.26. The summed E-state index contributed by atoms with van der Waals surface area (Å²) in [6, 6.07) is 14.7. The lowest BCUT2D eigenvalue weighted by atomic mass is 10.1. The van der Waals surface area contributed by atoms with Gasteiger partial charge in [-0.25, -0.2) is 4.79 Å². The summed E-state index contributed by atoms with van der Waals surface area (Å²) in [5, 5.41) is 10.2. The van der Waals surface area contributed by atoms with Crippen LogP contribution in [0.2, 0.25) is 0 Å². The van der Waals surface area contributed by atoms with Gasteiger partial charge in [0.25, 0.3) is 0 Å². The van der Waals surface area contributed by atoms with Gasteiger partial charge in [-0.05, 0) is 41.1 Å². The number of urea groups is 1. The van der Waals surface area contributed by atoms with Crippen LogP contribution in [0.3, 0.4) is 0 Å². The van der Waals surface area contributed by atoms with Gasteiger partial charge in [0, 0.05) is 30.1 Å². The predicted octanol–water partition coefficient (Wildman–Crippen LogP) is 4.74. The lowest BCUT2D eigenvalue weighted by molar-refractivity contribution is 0.249. The topological polar surface area (TPSA) is 68.2 Å². The van der Waals surface area contributed by atoms with Crippen molar-refractivity contribution in [1.82, 2.24) is 15.1 Å². The summed E-state index contributed by atoms with van der Waals surface area (Å²) in [4.78, 5) is 12.4. The second-order valence-electron chi connectivity index (χ2n) is 6.14. The first kappa shape index (κ1) is 19.0. The molecule has 0 bridgehead atoms. The number of anilines is 1. The standard InChI is InChI=1S/C20H21BrN4O2/c1-13(16-9-4-5-10-18(16)27-3)22-20(26)23-15-8-6-7-14(11-15)19-17(21)12-25(2)24-19/h4-13H,1-3H3,(H2,22,23,26). The molecule has 0 fully saturated rings. The number of para-hydroxylation sites is 1. The number of carbonyl (C=O) groups is 1. The Labute approximate surface area is 166 Å². The van der Waals surface area contributed by atoms with Crippen LogP contribution in [-0.4, -0.2) is 22.9 Å². The molecule has 0 aliphatic heterocycles. The molecule has 2 amide bonds. The molecule has 7 heteroatoms. The molecule has 0 radical (unpaired) electrons. The number of benzene rings is 2. The third-order valence-electron chi connectivity index (χ3n) is 4.13. The van der Waals surface area contributed by atoms with Crippen LogP contribution in [0.15, 0.2) is 59.2 Å². The van der Waals surface area contributed by atoms with E-state index < -0.39 is 0 Å². The van der Waals surface area contributed by atoms with Crippen molar-refractivity contribution in [3.8, 4) is 17.0 Å². The number of aromatic nitrogens is 2. The Morgan fingerprint density at radius 3 is 2.70 bits per heavy atom. The van der Waals surface area contributed by atoms with Crippen molar-refractivity contribution in [2.45, 2.75) is 13.0 Å². The summed E-state index contributed by atoms with van der Waals surface area (Å²) >= 11 is 3.51. The Balaban J connectivity index is 1.71. The maximum atomic E-state index is 12.4. The maximum absolute atomic E-state index is 12.4. The quantitative estimate of drug-likeness (QED) is 0.616. The fraction of sp³-hybridized carbons (Fsp3) is 0.200. The molecule has 1 atom stereocenters. The highest BCUT2D eigenvalue weighted by Gasteiger charge is 2.14. The van der Waals surface area contributed by atoms with Crippen LogP contribution in [0.4, 0.5) is 10.5 Å². The first-order valence-corrected chi connectivity index (χ1v) is 9.27. The summed E-state index contributed by atoms with van der Waals surface area (Å²) < 4.78 is 8.00. The van der Waals surface area contributed by atoms with Crippen molar-refractivity contribution in [2.24, 2.45) is 7.05 Å². The molecule has 1 heterocycles. The highest BCUT2D eigenvalue weighted by molar-refractivity contribution is 9.10. The Morgan fingerprint density at radius 2 is 2.00 bits per heavy atom. The van der Waals surface area contributed by atoms with Gasteiger partial charge in [-0.15, -0.1) is 0 Å². The van der Waals surface area contributed by atoms with Crippen molar-refractivity contribution < 1.29 is 9.53 Å². The molecule has 6 nitrogen and oxygen atoms in total. The minimum absolute atomic E-state index is 0.200. The molecule has 1 aromatic heterocycles. The van der Waals surface area contributed by atoms with Crippen molar-refractivity contribution in [3.05, 3.63) is 64.8 Å². The van der Waals surface area contributed by atoms with Gasteiger partial charge in [-0.1, -0.05) is 30.3 Å². The SMILES string of the molecule is COc1ccccc1C(C)NC(=O)Nc1cccc(-c2nn(C)cc2Br)c1. The van der Waals surface area contributed by atoms with E-state index in [9.17, 15) is 4.79 Å². The van der Waals surface area contributed by atoms with Gasteiger partial charge in [0.05, 0.1) is 17.6 Å². The number of halogens is 1. The average molecular weight is 429 g/mol. The van der Waals surface area contributed by atoms with E-state index in [0.29, 0.717) is 5.69 Å². The van der Waals surface area contributed by atoms with Gasteiger partial charge in [0.1, 0.15) is 11.4 Å². The van der Waals surface area contributed by atoms with Gasteiger partial charge in [0.15, 0.2) is 0 Å². The Bertz CT molecular complexity index is 955. The summed E-state index contributed by atoms with van der Waals surface area (Å²) in [6.45, 7) is 1.92. The Hall–Kier alpha value is -2.80. The molecular formula is C20H21BrN4O2. The van der Waals surface area contributed by atoms with Crippen LogP contribution in [0, 0.1) is 0 Å². The minimum Gasteiger partial charge on any atom is -0.496 e. The lowest BCUT2D eigenvalue weighted by Gasteiger charge is -2.17. The van der Waals surface area contributed by atoms with Crippen LogP contribution in [-0.2, 0) is 7.05 Å². The van der Waals surface area contributed by atoms with E-state index >= 15 is 0 Å². The van der Waals surface area contributed by atoms with Crippen molar-refractivity contribution in [1.29, 1.82) is 0 Å². The van der Waals surface area contributed by atoms with Crippen LogP contribution >= 0.6 is 15.9 Å². The summed E-state index contributed by atoms with van der Waals surface area (Å²) in [7, 11) is 3.48. The fourth-order valence-corrected chi connectivity index (χ4v) is 3.47. The number of nitrogens with zero attached hydrogens (tertiary/aromatic N) is 2. The van der Waals surface area contributed by atoms with E-state index in [1.165, 1.54) is 0 Å². The second-order valence-corrected chi connectivity index (χ2v) is 7.00. The zero-order valence-electron chi connectivity index (χ0n) is 15.4. The smallest absolute Gasteiger partial charge is 0.319 e. The molecule has 1 unspecified atom stereocenters. The third-order valence-corrected chi connectivity index (χ3v) is 4.71. The average Bonchev–Trinajstić information content (AvgIpc) is 3.00. The van der Waals surface area contributed by atoms with Crippen molar-refractivity contribution in [3.63, 3.8) is 0 Å². The molecule has 3 rings (SSSR count). The number of nitrogens with one attached hydrogen (secondary N) is 2. The minimum atomic E-state index is -0.286. The van der Waals surface area contributed by atoms with E-state index in [1.54, 1.807) is 11.8 Å². The number of carbonyl (C=O) groups excluding carboxylic acids is 1. The zero-order chi connectivity index (χ0) is 19.4. The number of methoxy groups -OCH3 is 1. The summed E-state index contributed by atoms with van der Waals surface area (Å²) in [5.74, 6) is 0.743. The molecule has 0 saturated heterocycles. The molecule has 2 N–H and O–H groups in total. The van der Waals surface area contributed by atoms with E-state index in [0.717, 1.165) is 27.0 Å². The van der Waals surface area contributed by atoms with E-state index in [4.69, 9.17) is 4.74 Å². The Morgan fingerprint density at radius 1 is 1.22 bits per heavy atom. The van der Waals surface area contributed by atoms with Gasteiger partial charge in [-0.3, -0.25) is 4.68 Å². The largest absolute Gasteiger partial charge is 0.496 e. The molecule has 0 spiro atoms. The van der Waals surface area contributed by atoms with Gasteiger partial charge < -0.3 is 15.4 Å². The normalized spacial score (nSPS) is 11.7. The van der Waals surface area contributed by atoms with Gasteiger partial charge >= 0.3 is 6.03 Å². The van der Waals surface area contributed by atoms with Crippen LogP contribution in [0.1, 0.15) is 18.5 Å². The highest BCUT2D eigenvalue weighted by Crippen LogP contribution is 2.28. The van der Waals surface area contributed by atoms with Crippen molar-refractivity contribution >= 4 is 27.6 Å². The van der Waals surface area contributed by atoms with Crippen molar-refractivity contribution in [2.75, 3.05) is 12.4 Å². The third kappa shape index (κ3) is 4.49. The molecule has 0 aliphatic carbocycles. The van der Waals surface area contributed by atoms with Crippen LogP contribution < -0.4 is 15.4 Å². The molecule has 0 aliphatic rings. The zero-order valence-corrected chi connectivity index (χ0v) is 16.9. The lowest BCUT2D eigenvalue weighted by Crippen LogP contribution is -2.31. The number of ether oxygens (including phenoxy) is 1. The predicted molar refractivity (Wildman–Crippen MR) is 110 cm³/mol. The number of aryl methyl sites for hydroxylation is 1. The van der Waals surface area contributed by atoms with E-state index in [2.05, 4.69) is 31.7 Å². The van der Waals surface area contributed by atoms with Gasteiger partial charge in [0.2, 0.25) is 0 Å². The molecular weight excluding hydrogens is 408 g/mol. The molecule has 140 valence electrons. The first-order valence-electron chi connectivity index (χ1n) is 8.48. The summed E-state index contributed by atoms with van der Waals surface area (Å²) in [6.07, 6.45) is 1.89. The molecule has 0 saturated carbocycles. The monoisotopic (exact) mass is 428 g/mol. The number of amides is 2. The van der Waals surface area contributed by atoms with Crippen LogP contribution in [0.5, 0.6) is 5.75 Å². The number of rotatable bonds is 5.